The van der Waals surface area contributed by atoms with Crippen molar-refractivity contribution >= 4 is 5.57 Å². The molecule has 0 unspecified atom stereocenters. The zero-order valence-corrected chi connectivity index (χ0v) is 10.6. The Labute approximate surface area is 103 Å². The third-order valence-corrected chi connectivity index (χ3v) is 2.43. The largest absolute Gasteiger partial charge is 0.497 e. The van der Waals surface area contributed by atoms with Crippen molar-refractivity contribution in [2.45, 2.75) is 6.92 Å². The Kier molecular flexibility index (Phi) is 5.08. The van der Waals surface area contributed by atoms with Crippen molar-refractivity contribution in [3.05, 3.63) is 60.4 Å². The zero-order valence-electron chi connectivity index (χ0n) is 10.6. The van der Waals surface area contributed by atoms with E-state index < -0.39 is 0 Å². The number of hydrogen-bond acceptors (Lipinski definition) is 2. The van der Waals surface area contributed by atoms with Crippen LogP contribution in [0.3, 0.4) is 0 Å². The lowest BCUT2D eigenvalue weighted by Gasteiger charge is -2.03. The molecule has 0 aromatic heterocycles. The maximum Gasteiger partial charge on any atom is 0.118 e. The molecule has 1 aromatic rings. The highest BCUT2D eigenvalue weighted by molar-refractivity contribution is 5.72. The first kappa shape index (κ1) is 13.1. The minimum absolute atomic E-state index is 0.819. The van der Waals surface area contributed by atoms with Crippen LogP contribution in [-0.2, 0) is 4.74 Å². The monoisotopic (exact) mass is 230 g/mol. The summed E-state index contributed by atoms with van der Waals surface area (Å²) >= 11 is 0. The topological polar surface area (TPSA) is 18.5 Å². The minimum Gasteiger partial charge on any atom is -0.497 e. The molecular weight excluding hydrogens is 212 g/mol. The zero-order chi connectivity index (χ0) is 12.7. The maximum atomic E-state index is 5.14. The molecule has 0 amide bonds. The summed E-state index contributed by atoms with van der Waals surface area (Å²) in [6.07, 6.45) is 5.73. The van der Waals surface area contributed by atoms with Gasteiger partial charge >= 0.3 is 0 Å². The lowest BCUT2D eigenvalue weighted by Crippen LogP contribution is -1.84. The van der Waals surface area contributed by atoms with Gasteiger partial charge in [-0.05, 0) is 42.3 Å². The van der Waals surface area contributed by atoms with Crippen molar-refractivity contribution in [2.75, 3.05) is 14.2 Å². The molecule has 90 valence electrons. The van der Waals surface area contributed by atoms with Crippen LogP contribution < -0.4 is 4.74 Å². The Morgan fingerprint density at radius 2 is 1.76 bits per heavy atom. The Morgan fingerprint density at radius 1 is 1.12 bits per heavy atom. The number of benzene rings is 1. The van der Waals surface area contributed by atoms with Crippen LogP contribution in [0.4, 0.5) is 0 Å². The van der Waals surface area contributed by atoms with Crippen LogP contribution in [0.1, 0.15) is 12.5 Å². The van der Waals surface area contributed by atoms with E-state index in [1.54, 1.807) is 14.2 Å². The molecule has 0 N–H and O–H groups in total. The Hall–Kier alpha value is -1.96. The number of hydrogen-bond donors (Lipinski definition) is 0. The first-order valence-corrected chi connectivity index (χ1v) is 5.43. The first-order valence-electron chi connectivity index (χ1n) is 5.43. The molecule has 0 spiro atoms. The van der Waals surface area contributed by atoms with E-state index in [4.69, 9.17) is 9.47 Å². The van der Waals surface area contributed by atoms with Gasteiger partial charge in [-0.3, -0.25) is 0 Å². The highest BCUT2D eigenvalue weighted by Crippen LogP contribution is 2.18. The van der Waals surface area contributed by atoms with E-state index >= 15 is 0 Å². The van der Waals surface area contributed by atoms with Gasteiger partial charge in [0.25, 0.3) is 0 Å². The van der Waals surface area contributed by atoms with Gasteiger partial charge in [-0.25, -0.2) is 0 Å². The molecule has 1 rings (SSSR count). The van der Waals surface area contributed by atoms with Crippen LogP contribution in [0, 0.1) is 0 Å². The van der Waals surface area contributed by atoms with Crippen LogP contribution in [0.25, 0.3) is 5.57 Å². The van der Waals surface area contributed by atoms with E-state index in [1.165, 1.54) is 0 Å². The summed E-state index contributed by atoms with van der Waals surface area (Å²) in [6.45, 7) is 5.94. The highest BCUT2D eigenvalue weighted by Gasteiger charge is 1.96. The summed E-state index contributed by atoms with van der Waals surface area (Å²) in [4.78, 5) is 0. The fourth-order valence-corrected chi connectivity index (χ4v) is 1.37. The fraction of sp³-hybridized carbons (Fsp3) is 0.200. The number of ether oxygens (including phenoxy) is 2. The quantitative estimate of drug-likeness (QED) is 0.565. The van der Waals surface area contributed by atoms with Gasteiger partial charge in [0.05, 0.1) is 14.2 Å². The molecule has 0 fully saturated rings. The predicted octanol–water partition coefficient (Wildman–Crippen LogP) is 3.81. The van der Waals surface area contributed by atoms with Crippen molar-refractivity contribution in [1.82, 2.24) is 0 Å². The lowest BCUT2D eigenvalue weighted by atomic mass is 10.1. The molecule has 0 saturated heterocycles. The van der Waals surface area contributed by atoms with Crippen LogP contribution in [-0.4, -0.2) is 14.2 Å². The average Bonchev–Trinajstić information content (AvgIpc) is 2.39. The van der Waals surface area contributed by atoms with E-state index in [-0.39, 0.29) is 0 Å². The summed E-state index contributed by atoms with van der Waals surface area (Å²) in [5.41, 5.74) is 2.00. The third-order valence-electron chi connectivity index (χ3n) is 2.43. The van der Waals surface area contributed by atoms with Crippen molar-refractivity contribution in [2.24, 2.45) is 0 Å². The fourth-order valence-electron chi connectivity index (χ4n) is 1.37. The van der Waals surface area contributed by atoms with Gasteiger partial charge in [-0.15, -0.1) is 0 Å². The summed E-state index contributed by atoms with van der Waals surface area (Å²) < 4.78 is 10.2. The first-order chi connectivity index (χ1) is 8.21. The molecule has 0 saturated carbocycles. The van der Waals surface area contributed by atoms with E-state index in [1.807, 2.05) is 49.4 Å². The molecule has 0 aliphatic rings. The molecular formula is C15H18O2. The minimum atomic E-state index is 0.819. The molecule has 0 aliphatic carbocycles. The van der Waals surface area contributed by atoms with E-state index in [9.17, 15) is 0 Å². The smallest absolute Gasteiger partial charge is 0.118 e. The normalized spacial score (nSPS) is 11.6. The SMILES string of the molecule is C=C(/C=C\C(=C/C)OC)c1ccc(OC)cc1. The number of methoxy groups -OCH3 is 2. The van der Waals surface area contributed by atoms with Gasteiger partial charge in [-0.2, -0.15) is 0 Å². The third kappa shape index (κ3) is 3.83. The van der Waals surface area contributed by atoms with Crippen molar-refractivity contribution in [3.63, 3.8) is 0 Å². The summed E-state index contributed by atoms with van der Waals surface area (Å²) in [7, 11) is 3.30. The Balaban J connectivity index is 2.76. The average molecular weight is 230 g/mol. The maximum absolute atomic E-state index is 5.14. The van der Waals surface area contributed by atoms with Gasteiger partial charge < -0.3 is 9.47 Å². The molecule has 0 heterocycles. The van der Waals surface area contributed by atoms with Gasteiger partial charge in [0.2, 0.25) is 0 Å². The highest BCUT2D eigenvalue weighted by atomic mass is 16.5. The standard InChI is InChI=1S/C15H18O2/c1-5-14(16-3)9-6-12(2)13-7-10-15(17-4)11-8-13/h5-11H,2H2,1,3-4H3/b9-6-,14-5+. The molecule has 0 bridgehead atoms. The Morgan fingerprint density at radius 3 is 2.24 bits per heavy atom. The van der Waals surface area contributed by atoms with Crippen molar-refractivity contribution in [1.29, 1.82) is 0 Å². The molecule has 0 atom stereocenters. The molecule has 17 heavy (non-hydrogen) atoms. The van der Waals surface area contributed by atoms with Gasteiger partial charge in [0, 0.05) is 0 Å². The van der Waals surface area contributed by atoms with Crippen LogP contribution in [0.5, 0.6) is 5.75 Å². The number of allylic oxidation sites excluding steroid dienone is 4. The van der Waals surface area contributed by atoms with Crippen LogP contribution >= 0.6 is 0 Å². The molecule has 0 radical (unpaired) electrons. The second-order valence-electron chi connectivity index (χ2n) is 3.48. The summed E-state index contributed by atoms with van der Waals surface area (Å²) in [5, 5.41) is 0. The van der Waals surface area contributed by atoms with Crippen molar-refractivity contribution in [3.8, 4) is 5.75 Å². The summed E-state index contributed by atoms with van der Waals surface area (Å²) in [5.74, 6) is 1.66. The van der Waals surface area contributed by atoms with Crippen molar-refractivity contribution < 1.29 is 9.47 Å². The second-order valence-corrected chi connectivity index (χ2v) is 3.48. The van der Waals surface area contributed by atoms with Gasteiger partial charge in [-0.1, -0.05) is 24.8 Å². The molecule has 2 nitrogen and oxygen atoms in total. The molecule has 2 heteroatoms. The van der Waals surface area contributed by atoms with Crippen LogP contribution in [0.2, 0.25) is 0 Å². The molecule has 1 aromatic carbocycles. The number of rotatable bonds is 5. The van der Waals surface area contributed by atoms with Crippen LogP contribution in [0.15, 0.2) is 54.8 Å². The van der Waals surface area contributed by atoms with Gasteiger partial charge in [0.15, 0.2) is 0 Å². The summed E-state index contributed by atoms with van der Waals surface area (Å²) in [6, 6.07) is 7.80. The van der Waals surface area contributed by atoms with E-state index in [0.29, 0.717) is 0 Å². The second kappa shape index (κ2) is 6.59. The Bertz CT molecular complexity index is 425. The van der Waals surface area contributed by atoms with Gasteiger partial charge in [0.1, 0.15) is 11.5 Å². The predicted molar refractivity (Wildman–Crippen MR) is 71.9 cm³/mol. The van der Waals surface area contributed by atoms with E-state index in [0.717, 1.165) is 22.6 Å². The lowest BCUT2D eigenvalue weighted by molar-refractivity contribution is 0.306. The molecule has 0 aliphatic heterocycles. The van der Waals surface area contributed by atoms with E-state index in [2.05, 4.69) is 6.58 Å².